The summed E-state index contributed by atoms with van der Waals surface area (Å²) < 4.78 is 61.5. The number of phenols is 1. The number of halogens is 3. The van der Waals surface area contributed by atoms with Crippen molar-refractivity contribution in [3.05, 3.63) is 24.3 Å². The van der Waals surface area contributed by atoms with Crippen LogP contribution in [0.3, 0.4) is 0 Å². The van der Waals surface area contributed by atoms with E-state index in [-0.39, 0.29) is 0 Å². The Morgan fingerprint density at radius 2 is 1.89 bits per heavy atom. The van der Waals surface area contributed by atoms with Gasteiger partial charge in [-0.25, -0.2) is 13.1 Å². The van der Waals surface area contributed by atoms with Crippen LogP contribution in [0.4, 0.5) is 13.2 Å². The molecule has 0 aromatic heterocycles. The monoisotopic (exact) mass is 283 g/mol. The topological polar surface area (TPSA) is 66.4 Å². The smallest absolute Gasteiger partial charge is 0.390 e. The third kappa shape index (κ3) is 4.19. The van der Waals surface area contributed by atoms with Gasteiger partial charge in [0.1, 0.15) is 10.6 Å². The van der Waals surface area contributed by atoms with E-state index >= 15 is 0 Å². The van der Waals surface area contributed by atoms with Gasteiger partial charge in [0, 0.05) is 6.04 Å². The number of para-hydroxylation sites is 1. The molecule has 4 nitrogen and oxygen atoms in total. The Labute approximate surface area is 102 Å². The van der Waals surface area contributed by atoms with Crippen LogP contribution in [0.1, 0.15) is 13.3 Å². The van der Waals surface area contributed by atoms with Gasteiger partial charge in [-0.3, -0.25) is 0 Å². The van der Waals surface area contributed by atoms with E-state index in [1.807, 2.05) is 4.72 Å². The molecule has 1 unspecified atom stereocenters. The van der Waals surface area contributed by atoms with Crippen LogP contribution in [0.25, 0.3) is 0 Å². The largest absolute Gasteiger partial charge is 0.507 e. The second-order valence-corrected chi connectivity index (χ2v) is 5.49. The van der Waals surface area contributed by atoms with Crippen molar-refractivity contribution >= 4 is 10.0 Å². The summed E-state index contributed by atoms with van der Waals surface area (Å²) in [6.45, 7) is 1.10. The number of alkyl halides is 3. The van der Waals surface area contributed by atoms with Crippen molar-refractivity contribution in [2.75, 3.05) is 0 Å². The molecular formula is C10H12F3NO3S. The molecule has 0 bridgehead atoms. The maximum atomic E-state index is 12.1. The lowest BCUT2D eigenvalue weighted by Crippen LogP contribution is -2.35. The molecule has 0 amide bonds. The van der Waals surface area contributed by atoms with Crippen molar-refractivity contribution < 1.29 is 26.7 Å². The average molecular weight is 283 g/mol. The van der Waals surface area contributed by atoms with E-state index < -0.39 is 39.3 Å². The van der Waals surface area contributed by atoms with Crippen LogP contribution >= 0.6 is 0 Å². The average Bonchev–Trinajstić information content (AvgIpc) is 2.13. The molecule has 102 valence electrons. The highest BCUT2D eigenvalue weighted by molar-refractivity contribution is 7.89. The Kier molecular flexibility index (Phi) is 4.23. The third-order valence-corrected chi connectivity index (χ3v) is 3.69. The maximum absolute atomic E-state index is 12.1. The number of hydrogen-bond acceptors (Lipinski definition) is 3. The van der Waals surface area contributed by atoms with Crippen LogP contribution < -0.4 is 4.72 Å². The number of sulfonamides is 1. The quantitative estimate of drug-likeness (QED) is 0.888. The molecule has 0 radical (unpaired) electrons. The molecule has 1 rings (SSSR count). The van der Waals surface area contributed by atoms with Crippen molar-refractivity contribution in [1.29, 1.82) is 0 Å². The summed E-state index contributed by atoms with van der Waals surface area (Å²) in [6.07, 6.45) is -5.74. The third-order valence-electron chi connectivity index (χ3n) is 2.05. The first-order valence-electron chi connectivity index (χ1n) is 4.99. The predicted molar refractivity (Wildman–Crippen MR) is 58.6 cm³/mol. The molecule has 0 saturated carbocycles. The molecule has 0 spiro atoms. The minimum absolute atomic E-state index is 0.445. The zero-order chi connectivity index (χ0) is 14.0. The Balaban J connectivity index is 2.87. The highest BCUT2D eigenvalue weighted by Gasteiger charge is 2.32. The second kappa shape index (κ2) is 5.15. The number of nitrogens with one attached hydrogen (secondary N) is 1. The highest BCUT2D eigenvalue weighted by atomic mass is 32.2. The summed E-state index contributed by atoms with van der Waals surface area (Å²) in [5, 5.41) is 9.35. The van der Waals surface area contributed by atoms with Crippen molar-refractivity contribution in [3.63, 3.8) is 0 Å². The number of aromatic hydroxyl groups is 1. The first-order valence-corrected chi connectivity index (χ1v) is 6.47. The van der Waals surface area contributed by atoms with E-state index in [1.165, 1.54) is 12.1 Å². The van der Waals surface area contributed by atoms with Crippen molar-refractivity contribution in [1.82, 2.24) is 4.72 Å². The minimum Gasteiger partial charge on any atom is -0.507 e. The van der Waals surface area contributed by atoms with Crippen LogP contribution in [-0.2, 0) is 10.0 Å². The fraction of sp³-hybridized carbons (Fsp3) is 0.400. The standard InChI is InChI=1S/C10H12F3NO3S/c1-7(6-10(11,12)13)14-18(16,17)9-5-3-2-4-8(9)15/h2-5,7,14-15H,6H2,1H3. The molecule has 18 heavy (non-hydrogen) atoms. The van der Waals surface area contributed by atoms with E-state index in [1.54, 1.807) is 0 Å². The Bertz CT molecular complexity index is 513. The summed E-state index contributed by atoms with van der Waals surface area (Å²) in [5.41, 5.74) is 0. The summed E-state index contributed by atoms with van der Waals surface area (Å²) in [7, 11) is -4.16. The number of hydrogen-bond donors (Lipinski definition) is 2. The molecule has 0 aliphatic heterocycles. The zero-order valence-corrected chi connectivity index (χ0v) is 10.2. The van der Waals surface area contributed by atoms with Crippen LogP contribution in [0, 0.1) is 0 Å². The lowest BCUT2D eigenvalue weighted by atomic mass is 10.2. The summed E-state index contributed by atoms with van der Waals surface area (Å²) in [6, 6.07) is 3.71. The van der Waals surface area contributed by atoms with E-state index in [0.29, 0.717) is 0 Å². The minimum atomic E-state index is -4.46. The molecule has 0 heterocycles. The van der Waals surface area contributed by atoms with Gasteiger partial charge >= 0.3 is 6.18 Å². The first kappa shape index (κ1) is 14.8. The van der Waals surface area contributed by atoms with Crippen LogP contribution in [-0.4, -0.2) is 25.7 Å². The Morgan fingerprint density at radius 1 is 1.33 bits per heavy atom. The van der Waals surface area contributed by atoms with Crippen LogP contribution in [0.5, 0.6) is 5.75 Å². The number of benzene rings is 1. The molecule has 1 aromatic rings. The molecule has 0 fully saturated rings. The van der Waals surface area contributed by atoms with Gasteiger partial charge in [-0.15, -0.1) is 0 Å². The lowest BCUT2D eigenvalue weighted by molar-refractivity contribution is -0.137. The molecule has 1 atom stereocenters. The van der Waals surface area contributed by atoms with Gasteiger partial charge in [-0.1, -0.05) is 12.1 Å². The molecule has 0 aliphatic carbocycles. The van der Waals surface area contributed by atoms with Gasteiger partial charge in [0.25, 0.3) is 0 Å². The summed E-state index contributed by atoms with van der Waals surface area (Å²) in [5.74, 6) is -0.510. The zero-order valence-electron chi connectivity index (χ0n) is 9.40. The molecule has 0 saturated heterocycles. The van der Waals surface area contributed by atoms with Gasteiger partial charge in [0.2, 0.25) is 10.0 Å². The molecule has 2 N–H and O–H groups in total. The summed E-state index contributed by atoms with van der Waals surface area (Å²) >= 11 is 0. The summed E-state index contributed by atoms with van der Waals surface area (Å²) in [4.78, 5) is -0.445. The van der Waals surface area contributed by atoms with Gasteiger partial charge in [-0.2, -0.15) is 13.2 Å². The normalized spacial score (nSPS) is 14.4. The SMILES string of the molecule is CC(CC(F)(F)F)NS(=O)(=O)c1ccccc1O. The fourth-order valence-corrected chi connectivity index (χ4v) is 2.74. The van der Waals surface area contributed by atoms with Crippen molar-refractivity contribution in [3.8, 4) is 5.75 Å². The number of rotatable bonds is 4. The van der Waals surface area contributed by atoms with Crippen LogP contribution in [0.15, 0.2) is 29.2 Å². The second-order valence-electron chi connectivity index (χ2n) is 3.81. The van der Waals surface area contributed by atoms with E-state index in [9.17, 15) is 26.7 Å². The molecule has 0 aliphatic rings. The van der Waals surface area contributed by atoms with Gasteiger partial charge in [-0.05, 0) is 19.1 Å². The maximum Gasteiger partial charge on any atom is 0.390 e. The van der Waals surface area contributed by atoms with Gasteiger partial charge in [0.15, 0.2) is 0 Å². The van der Waals surface area contributed by atoms with Gasteiger partial charge in [0.05, 0.1) is 6.42 Å². The van der Waals surface area contributed by atoms with Crippen molar-refractivity contribution in [2.45, 2.75) is 30.5 Å². The van der Waals surface area contributed by atoms with Crippen molar-refractivity contribution in [2.24, 2.45) is 0 Å². The predicted octanol–water partition coefficient (Wildman–Crippen LogP) is 2.01. The van der Waals surface area contributed by atoms with E-state index in [4.69, 9.17) is 0 Å². The molecule has 8 heteroatoms. The van der Waals surface area contributed by atoms with Gasteiger partial charge < -0.3 is 5.11 Å². The van der Waals surface area contributed by atoms with E-state index in [2.05, 4.69) is 0 Å². The number of phenolic OH excluding ortho intramolecular Hbond substituents is 1. The molecular weight excluding hydrogens is 271 g/mol. The Morgan fingerprint density at radius 3 is 2.39 bits per heavy atom. The van der Waals surface area contributed by atoms with E-state index in [0.717, 1.165) is 19.1 Å². The lowest BCUT2D eigenvalue weighted by Gasteiger charge is -2.16. The fourth-order valence-electron chi connectivity index (χ4n) is 1.40. The molecule has 1 aromatic carbocycles. The highest BCUT2D eigenvalue weighted by Crippen LogP contribution is 2.24. The Hall–Kier alpha value is -1.28. The van der Waals surface area contributed by atoms with Crippen LogP contribution in [0.2, 0.25) is 0 Å². The first-order chi connectivity index (χ1) is 8.12.